The number of unbranched alkanes of at least 4 members (excludes halogenated alkanes) is 2. The molecule has 0 aliphatic carbocycles. The first-order chi connectivity index (χ1) is 11.1. The second-order valence-electron chi connectivity index (χ2n) is 5.59. The lowest BCUT2D eigenvalue weighted by molar-refractivity contribution is 0.630. The summed E-state index contributed by atoms with van der Waals surface area (Å²) in [5.41, 5.74) is 2.25. The average Bonchev–Trinajstić information content (AvgIpc) is 2.55. The van der Waals surface area contributed by atoms with Gasteiger partial charge in [0.25, 0.3) is 0 Å². The Morgan fingerprint density at radius 1 is 1.00 bits per heavy atom. The molecule has 0 fully saturated rings. The van der Waals surface area contributed by atoms with Crippen LogP contribution >= 0.6 is 31.9 Å². The Balaban J connectivity index is 1.66. The first kappa shape index (κ1) is 18.1. The minimum absolute atomic E-state index is 0.463. The second-order valence-corrected chi connectivity index (χ2v) is 7.30. The Morgan fingerprint density at radius 3 is 2.52 bits per heavy atom. The van der Waals surface area contributed by atoms with Crippen molar-refractivity contribution in [3.63, 3.8) is 0 Å². The van der Waals surface area contributed by atoms with E-state index in [1.807, 2.05) is 18.2 Å². The summed E-state index contributed by atoms with van der Waals surface area (Å²) < 4.78 is 2.15. The Kier molecular flexibility index (Phi) is 7.71. The zero-order valence-electron chi connectivity index (χ0n) is 13.3. The molecule has 2 rings (SSSR count). The highest BCUT2D eigenvalue weighted by molar-refractivity contribution is 9.13. The maximum absolute atomic E-state index is 3.54. The summed E-state index contributed by atoms with van der Waals surface area (Å²) in [6.07, 6.45) is 4.46. The van der Waals surface area contributed by atoms with Gasteiger partial charge in [0.05, 0.1) is 0 Å². The molecule has 0 bridgehead atoms. The van der Waals surface area contributed by atoms with Crippen molar-refractivity contribution in [1.29, 1.82) is 0 Å². The monoisotopic (exact) mass is 433 g/mol. The summed E-state index contributed by atoms with van der Waals surface area (Å²) in [6.45, 7) is 2.23. The lowest BCUT2D eigenvalue weighted by atomic mass is 10.1. The first-order valence-corrected chi connectivity index (χ1v) is 9.49. The van der Waals surface area contributed by atoms with E-state index in [1.165, 1.54) is 6.42 Å². The van der Waals surface area contributed by atoms with Crippen LogP contribution in [0.15, 0.2) is 57.5 Å². The Bertz CT molecular complexity index is 671. The number of hydrogen-bond donors (Lipinski definition) is 1. The summed E-state index contributed by atoms with van der Waals surface area (Å²) in [7, 11) is 0. The Hall–Kier alpha value is -1.24. The van der Waals surface area contributed by atoms with Gasteiger partial charge in [0.15, 0.2) is 0 Å². The van der Waals surface area contributed by atoms with Crippen molar-refractivity contribution >= 4 is 37.5 Å². The Morgan fingerprint density at radius 2 is 1.78 bits per heavy atom. The number of nitrogens with one attached hydrogen (secondary N) is 1. The van der Waals surface area contributed by atoms with Gasteiger partial charge in [0, 0.05) is 32.7 Å². The maximum atomic E-state index is 3.54. The fourth-order valence-corrected chi connectivity index (χ4v) is 2.92. The van der Waals surface area contributed by atoms with Crippen molar-refractivity contribution in [2.45, 2.75) is 38.6 Å². The van der Waals surface area contributed by atoms with Crippen LogP contribution in [-0.2, 0) is 0 Å². The highest BCUT2D eigenvalue weighted by Crippen LogP contribution is 2.26. The molecule has 2 aromatic carbocycles. The van der Waals surface area contributed by atoms with Gasteiger partial charge in [-0.3, -0.25) is 0 Å². The third kappa shape index (κ3) is 6.81. The molecule has 0 aliphatic heterocycles. The van der Waals surface area contributed by atoms with Crippen molar-refractivity contribution in [1.82, 2.24) is 0 Å². The fourth-order valence-electron chi connectivity index (χ4n) is 2.29. The molecule has 1 unspecified atom stereocenters. The zero-order chi connectivity index (χ0) is 16.5. The molecule has 0 saturated heterocycles. The molecule has 0 saturated carbocycles. The normalized spacial score (nSPS) is 11.4. The predicted molar refractivity (Wildman–Crippen MR) is 107 cm³/mol. The summed E-state index contributed by atoms with van der Waals surface area (Å²) in [6, 6.07) is 16.9. The van der Waals surface area contributed by atoms with Crippen molar-refractivity contribution < 1.29 is 0 Å². The third-order valence-electron chi connectivity index (χ3n) is 3.53. The van der Waals surface area contributed by atoms with E-state index in [2.05, 4.69) is 86.3 Å². The number of hydrogen-bond acceptors (Lipinski definition) is 1. The molecule has 0 amide bonds. The van der Waals surface area contributed by atoms with E-state index in [-0.39, 0.29) is 0 Å². The summed E-state index contributed by atoms with van der Waals surface area (Å²) in [5, 5.41) is 3.54. The quantitative estimate of drug-likeness (QED) is 0.397. The van der Waals surface area contributed by atoms with Gasteiger partial charge in [-0.1, -0.05) is 36.5 Å². The highest BCUT2D eigenvalue weighted by Gasteiger charge is 2.03. The number of halogens is 2. The smallest absolute Gasteiger partial charge is 0.0354 e. The summed E-state index contributed by atoms with van der Waals surface area (Å²) >= 11 is 7.03. The van der Waals surface area contributed by atoms with E-state index in [1.54, 1.807) is 0 Å². The first-order valence-electron chi connectivity index (χ1n) is 7.90. The molecular weight excluding hydrogens is 414 g/mol. The molecule has 23 heavy (non-hydrogen) atoms. The highest BCUT2D eigenvalue weighted by atomic mass is 79.9. The molecule has 0 aromatic heterocycles. The Labute approximate surface area is 156 Å². The zero-order valence-corrected chi connectivity index (χ0v) is 16.5. The predicted octanol–water partition coefficient (Wildman–Crippen LogP) is 6.62. The lowest BCUT2D eigenvalue weighted by Gasteiger charge is -2.15. The molecule has 120 valence electrons. The van der Waals surface area contributed by atoms with E-state index in [9.17, 15) is 0 Å². The van der Waals surface area contributed by atoms with Gasteiger partial charge in [-0.15, -0.1) is 0 Å². The van der Waals surface area contributed by atoms with Crippen molar-refractivity contribution in [2.75, 3.05) is 5.32 Å². The summed E-state index contributed by atoms with van der Waals surface area (Å²) in [5.74, 6) is 6.47. The van der Waals surface area contributed by atoms with E-state index in [0.717, 1.165) is 39.5 Å². The van der Waals surface area contributed by atoms with Gasteiger partial charge < -0.3 is 5.32 Å². The van der Waals surface area contributed by atoms with Crippen LogP contribution in [0.3, 0.4) is 0 Å². The topological polar surface area (TPSA) is 12.0 Å². The van der Waals surface area contributed by atoms with Crippen molar-refractivity contribution in [2.24, 2.45) is 0 Å². The van der Waals surface area contributed by atoms with Crippen LogP contribution in [0.25, 0.3) is 0 Å². The molecule has 1 N–H and O–H groups in total. The van der Waals surface area contributed by atoms with Gasteiger partial charge in [0.2, 0.25) is 0 Å². The van der Waals surface area contributed by atoms with Crippen molar-refractivity contribution in [3.8, 4) is 11.8 Å². The van der Waals surface area contributed by atoms with Gasteiger partial charge in [-0.05, 0) is 82.0 Å². The minimum Gasteiger partial charge on any atom is -0.383 e. The van der Waals surface area contributed by atoms with Gasteiger partial charge >= 0.3 is 0 Å². The van der Waals surface area contributed by atoms with E-state index >= 15 is 0 Å². The van der Waals surface area contributed by atoms with Gasteiger partial charge in [-0.2, -0.15) is 0 Å². The van der Waals surface area contributed by atoms with Gasteiger partial charge in [-0.25, -0.2) is 0 Å². The standard InChI is InChI=1S/C20H21Br2N/c1-16(23-18-13-14-19(21)20(22)15-18)9-5-2-3-6-10-17-11-7-4-8-12-17/h4,7-8,11-16,23H,2-3,5,9H2,1H3. The largest absolute Gasteiger partial charge is 0.383 e. The van der Waals surface area contributed by atoms with Crippen LogP contribution in [0, 0.1) is 11.8 Å². The van der Waals surface area contributed by atoms with Crippen LogP contribution in [0.4, 0.5) is 5.69 Å². The van der Waals surface area contributed by atoms with Crippen LogP contribution in [-0.4, -0.2) is 6.04 Å². The summed E-state index contributed by atoms with van der Waals surface area (Å²) in [4.78, 5) is 0. The lowest BCUT2D eigenvalue weighted by Crippen LogP contribution is -2.14. The average molecular weight is 435 g/mol. The van der Waals surface area contributed by atoms with Crippen LogP contribution in [0.2, 0.25) is 0 Å². The van der Waals surface area contributed by atoms with Crippen LogP contribution in [0.5, 0.6) is 0 Å². The molecule has 0 radical (unpaired) electrons. The van der Waals surface area contributed by atoms with Crippen molar-refractivity contribution in [3.05, 3.63) is 63.0 Å². The number of rotatable bonds is 6. The van der Waals surface area contributed by atoms with Crippen LogP contribution in [0.1, 0.15) is 38.2 Å². The molecular formula is C20H21Br2N. The van der Waals surface area contributed by atoms with Crippen LogP contribution < -0.4 is 5.32 Å². The second kappa shape index (κ2) is 9.80. The number of anilines is 1. The van der Waals surface area contributed by atoms with E-state index < -0.39 is 0 Å². The molecule has 0 aliphatic rings. The number of benzene rings is 2. The molecule has 0 spiro atoms. The molecule has 1 atom stereocenters. The van der Waals surface area contributed by atoms with E-state index in [0.29, 0.717) is 6.04 Å². The minimum atomic E-state index is 0.463. The molecule has 3 heteroatoms. The van der Waals surface area contributed by atoms with Gasteiger partial charge in [0.1, 0.15) is 0 Å². The fraction of sp³-hybridized carbons (Fsp3) is 0.300. The third-order valence-corrected chi connectivity index (χ3v) is 5.41. The maximum Gasteiger partial charge on any atom is 0.0354 e. The SMILES string of the molecule is CC(CCCCC#Cc1ccccc1)Nc1ccc(Br)c(Br)c1. The molecule has 0 heterocycles. The van der Waals surface area contributed by atoms with E-state index in [4.69, 9.17) is 0 Å². The molecule has 2 aromatic rings. The molecule has 1 nitrogen and oxygen atoms in total.